The van der Waals surface area contributed by atoms with E-state index in [0.717, 1.165) is 12.0 Å². The van der Waals surface area contributed by atoms with Gasteiger partial charge in [-0.25, -0.2) is 4.98 Å². The van der Waals surface area contributed by atoms with Crippen LogP contribution in [0.15, 0.2) is 12.3 Å². The van der Waals surface area contributed by atoms with Gasteiger partial charge in [0.25, 0.3) is 0 Å². The van der Waals surface area contributed by atoms with E-state index in [1.165, 1.54) is 5.56 Å². The Balaban J connectivity index is 2.58. The lowest BCUT2D eigenvalue weighted by atomic mass is 10.1. The first kappa shape index (κ1) is 11.0. The lowest BCUT2D eigenvalue weighted by Crippen LogP contribution is -2.09. The number of nitrogens with zero attached hydrogens (tertiary/aromatic N) is 1. The first-order chi connectivity index (χ1) is 6.61. The van der Waals surface area contributed by atoms with Crippen LogP contribution in [0.1, 0.15) is 25.0 Å². The van der Waals surface area contributed by atoms with Crippen LogP contribution in [0, 0.1) is 6.92 Å². The van der Waals surface area contributed by atoms with Gasteiger partial charge in [0.15, 0.2) is 0 Å². The normalized spacial score (nSPS) is 10.9. The molecule has 0 atom stereocenters. The summed E-state index contributed by atoms with van der Waals surface area (Å²) < 4.78 is 5.47. The van der Waals surface area contributed by atoms with Crippen LogP contribution in [0.2, 0.25) is 0 Å². The van der Waals surface area contributed by atoms with Gasteiger partial charge in [0.05, 0.1) is 12.7 Å². The van der Waals surface area contributed by atoms with Crippen molar-refractivity contribution >= 4 is 5.82 Å². The van der Waals surface area contributed by atoms with Crippen molar-refractivity contribution in [2.24, 2.45) is 0 Å². The lowest BCUT2D eigenvalue weighted by Gasteiger charge is -2.10. The highest BCUT2D eigenvalue weighted by Gasteiger charge is 2.04. The van der Waals surface area contributed by atoms with Crippen molar-refractivity contribution in [3.63, 3.8) is 0 Å². The lowest BCUT2D eigenvalue weighted by molar-refractivity contribution is 0.0813. The van der Waals surface area contributed by atoms with Crippen molar-refractivity contribution < 1.29 is 4.74 Å². The Kier molecular flexibility index (Phi) is 3.89. The van der Waals surface area contributed by atoms with Crippen molar-refractivity contribution in [2.75, 3.05) is 12.3 Å². The number of nitrogens with two attached hydrogens (primary N) is 1. The van der Waals surface area contributed by atoms with Gasteiger partial charge in [-0.1, -0.05) is 0 Å². The van der Waals surface area contributed by atoms with E-state index in [1.807, 2.05) is 26.8 Å². The molecule has 0 radical (unpaired) electrons. The van der Waals surface area contributed by atoms with E-state index in [1.54, 1.807) is 6.20 Å². The van der Waals surface area contributed by atoms with Crippen molar-refractivity contribution in [2.45, 2.75) is 33.3 Å². The molecule has 3 nitrogen and oxygen atoms in total. The first-order valence-electron chi connectivity index (χ1n) is 4.93. The van der Waals surface area contributed by atoms with E-state index in [-0.39, 0.29) is 6.10 Å². The highest BCUT2D eigenvalue weighted by atomic mass is 16.5. The van der Waals surface area contributed by atoms with E-state index in [4.69, 9.17) is 10.5 Å². The van der Waals surface area contributed by atoms with Crippen LogP contribution < -0.4 is 5.73 Å². The molecule has 0 aliphatic carbocycles. The minimum absolute atomic E-state index is 0.271. The SMILES string of the molecule is Cc1ccnc(N)c1CCOC(C)C. The molecule has 0 fully saturated rings. The molecule has 1 aromatic rings. The number of aryl methyl sites for hydroxylation is 1. The second-order valence-electron chi connectivity index (χ2n) is 3.66. The molecule has 0 aromatic carbocycles. The minimum Gasteiger partial charge on any atom is -0.383 e. The van der Waals surface area contributed by atoms with Crippen LogP contribution in [0.25, 0.3) is 0 Å². The average Bonchev–Trinajstić information content (AvgIpc) is 2.09. The highest BCUT2D eigenvalue weighted by molar-refractivity contribution is 5.43. The third kappa shape index (κ3) is 3.00. The topological polar surface area (TPSA) is 48.1 Å². The Morgan fingerprint density at radius 1 is 1.50 bits per heavy atom. The molecule has 0 spiro atoms. The van der Waals surface area contributed by atoms with E-state index in [9.17, 15) is 0 Å². The molecule has 2 N–H and O–H groups in total. The van der Waals surface area contributed by atoms with Crippen LogP contribution in [0.5, 0.6) is 0 Å². The fraction of sp³-hybridized carbons (Fsp3) is 0.545. The molecule has 1 aromatic heterocycles. The van der Waals surface area contributed by atoms with Crippen molar-refractivity contribution in [3.05, 3.63) is 23.4 Å². The second-order valence-corrected chi connectivity index (χ2v) is 3.66. The maximum Gasteiger partial charge on any atom is 0.126 e. The third-order valence-corrected chi connectivity index (χ3v) is 2.13. The zero-order valence-electron chi connectivity index (χ0n) is 9.08. The number of rotatable bonds is 4. The standard InChI is InChI=1S/C11H18N2O/c1-8(2)14-7-5-10-9(3)4-6-13-11(10)12/h4,6,8H,5,7H2,1-3H3,(H2,12,13). The summed E-state index contributed by atoms with van der Waals surface area (Å²) in [5, 5.41) is 0. The third-order valence-electron chi connectivity index (χ3n) is 2.13. The first-order valence-corrected chi connectivity index (χ1v) is 4.93. The van der Waals surface area contributed by atoms with E-state index in [0.29, 0.717) is 12.4 Å². The molecule has 14 heavy (non-hydrogen) atoms. The summed E-state index contributed by atoms with van der Waals surface area (Å²) in [6.07, 6.45) is 2.84. The number of pyridine rings is 1. The predicted molar refractivity (Wildman–Crippen MR) is 58.2 cm³/mol. The molecular formula is C11H18N2O. The largest absolute Gasteiger partial charge is 0.383 e. The number of aromatic nitrogens is 1. The van der Waals surface area contributed by atoms with E-state index < -0.39 is 0 Å². The molecule has 1 heterocycles. The maximum atomic E-state index is 5.77. The van der Waals surface area contributed by atoms with Crippen LogP contribution >= 0.6 is 0 Å². The Bertz CT molecular complexity index is 277. The van der Waals surface area contributed by atoms with E-state index >= 15 is 0 Å². The Labute approximate surface area is 85.3 Å². The van der Waals surface area contributed by atoms with Gasteiger partial charge in [-0.2, -0.15) is 0 Å². The molecular weight excluding hydrogens is 176 g/mol. The van der Waals surface area contributed by atoms with Gasteiger partial charge >= 0.3 is 0 Å². The summed E-state index contributed by atoms with van der Waals surface area (Å²) in [7, 11) is 0. The van der Waals surface area contributed by atoms with E-state index in [2.05, 4.69) is 4.98 Å². The number of ether oxygens (including phenoxy) is 1. The van der Waals surface area contributed by atoms with Crippen molar-refractivity contribution in [1.29, 1.82) is 0 Å². The number of hydrogen-bond donors (Lipinski definition) is 1. The van der Waals surface area contributed by atoms with Gasteiger partial charge in [-0.15, -0.1) is 0 Å². The summed E-state index contributed by atoms with van der Waals surface area (Å²) in [5.74, 6) is 0.623. The molecule has 0 saturated carbocycles. The molecule has 3 heteroatoms. The Morgan fingerprint density at radius 2 is 2.21 bits per heavy atom. The number of hydrogen-bond acceptors (Lipinski definition) is 3. The van der Waals surface area contributed by atoms with Gasteiger partial charge in [0.1, 0.15) is 5.82 Å². The Morgan fingerprint density at radius 3 is 2.79 bits per heavy atom. The van der Waals surface area contributed by atoms with Crippen LogP contribution in [0.4, 0.5) is 5.82 Å². The van der Waals surface area contributed by atoms with Crippen LogP contribution in [0.3, 0.4) is 0 Å². The van der Waals surface area contributed by atoms with Gasteiger partial charge < -0.3 is 10.5 Å². The molecule has 1 rings (SSSR count). The van der Waals surface area contributed by atoms with Crippen LogP contribution in [-0.4, -0.2) is 17.7 Å². The summed E-state index contributed by atoms with van der Waals surface area (Å²) in [4.78, 5) is 4.06. The fourth-order valence-electron chi connectivity index (χ4n) is 1.33. The van der Waals surface area contributed by atoms with Crippen molar-refractivity contribution in [3.8, 4) is 0 Å². The number of anilines is 1. The van der Waals surface area contributed by atoms with Crippen LogP contribution in [-0.2, 0) is 11.2 Å². The zero-order chi connectivity index (χ0) is 10.6. The number of nitrogen functional groups attached to an aromatic ring is 1. The summed E-state index contributed by atoms with van der Waals surface area (Å²) in [6.45, 7) is 6.80. The maximum absolute atomic E-state index is 5.77. The Hall–Kier alpha value is -1.09. The minimum atomic E-state index is 0.271. The average molecular weight is 194 g/mol. The molecule has 0 unspecified atom stereocenters. The summed E-state index contributed by atoms with van der Waals surface area (Å²) in [5.41, 5.74) is 8.06. The zero-order valence-corrected chi connectivity index (χ0v) is 9.08. The van der Waals surface area contributed by atoms with Gasteiger partial charge in [-0.05, 0) is 44.4 Å². The molecule has 0 bridgehead atoms. The molecule has 0 amide bonds. The highest BCUT2D eigenvalue weighted by Crippen LogP contribution is 2.14. The van der Waals surface area contributed by atoms with Crippen molar-refractivity contribution in [1.82, 2.24) is 4.98 Å². The molecule has 0 saturated heterocycles. The van der Waals surface area contributed by atoms with Gasteiger partial charge in [0.2, 0.25) is 0 Å². The fourth-order valence-corrected chi connectivity index (χ4v) is 1.33. The molecule has 78 valence electrons. The molecule has 0 aliphatic heterocycles. The summed E-state index contributed by atoms with van der Waals surface area (Å²) in [6, 6.07) is 1.97. The molecule has 0 aliphatic rings. The smallest absolute Gasteiger partial charge is 0.126 e. The second kappa shape index (κ2) is 4.96. The van der Waals surface area contributed by atoms with Gasteiger partial charge in [0, 0.05) is 6.20 Å². The van der Waals surface area contributed by atoms with Gasteiger partial charge in [-0.3, -0.25) is 0 Å². The quantitative estimate of drug-likeness (QED) is 0.796. The summed E-state index contributed by atoms with van der Waals surface area (Å²) >= 11 is 0. The monoisotopic (exact) mass is 194 g/mol. The predicted octanol–water partition coefficient (Wildman–Crippen LogP) is 1.94.